The van der Waals surface area contributed by atoms with Crippen LogP contribution in [-0.4, -0.2) is 5.78 Å². The largest absolute Gasteiger partial charge is 0.416 e. The minimum Gasteiger partial charge on any atom is -0.289 e. The number of carbonyl (C=O) groups excluding carboxylic acids is 1. The van der Waals surface area contributed by atoms with Crippen LogP contribution in [0.15, 0.2) is 36.4 Å². The molecule has 2 aromatic carbocycles. The molecule has 21 heavy (non-hydrogen) atoms. The lowest BCUT2D eigenvalue weighted by Crippen LogP contribution is -2.08. The lowest BCUT2D eigenvalue weighted by atomic mass is 9.98. The average molecular weight is 296 g/mol. The number of hydrogen-bond acceptors (Lipinski definition) is 1. The third-order valence-electron chi connectivity index (χ3n) is 3.15. The van der Waals surface area contributed by atoms with Gasteiger partial charge in [0.15, 0.2) is 5.78 Å². The van der Waals surface area contributed by atoms with Crippen LogP contribution in [0.1, 0.15) is 32.6 Å². The van der Waals surface area contributed by atoms with Gasteiger partial charge >= 0.3 is 6.18 Å². The predicted molar refractivity (Wildman–Crippen MR) is 70.8 cm³/mol. The Balaban J connectivity index is 2.46. The summed E-state index contributed by atoms with van der Waals surface area (Å²) >= 11 is 0. The van der Waals surface area contributed by atoms with Gasteiger partial charge in [-0.15, -0.1) is 0 Å². The number of carbonyl (C=O) groups is 1. The molecule has 0 heterocycles. The summed E-state index contributed by atoms with van der Waals surface area (Å²) in [7, 11) is 0. The van der Waals surface area contributed by atoms with Crippen molar-refractivity contribution >= 4 is 5.78 Å². The minimum absolute atomic E-state index is 0.0739. The van der Waals surface area contributed by atoms with E-state index in [9.17, 15) is 22.4 Å². The molecule has 0 spiro atoms. The summed E-state index contributed by atoms with van der Waals surface area (Å²) in [6.45, 7) is 3.01. The molecular formula is C16H12F4O. The van der Waals surface area contributed by atoms with Crippen LogP contribution >= 0.6 is 0 Å². The van der Waals surface area contributed by atoms with Crippen molar-refractivity contribution in [3.8, 4) is 0 Å². The van der Waals surface area contributed by atoms with Crippen molar-refractivity contribution < 1.29 is 22.4 Å². The number of hydrogen-bond donors (Lipinski definition) is 0. The number of ketones is 1. The number of alkyl halides is 3. The molecule has 0 bridgehead atoms. The van der Waals surface area contributed by atoms with Gasteiger partial charge in [-0.05, 0) is 49.2 Å². The van der Waals surface area contributed by atoms with Gasteiger partial charge in [-0.3, -0.25) is 4.79 Å². The van der Waals surface area contributed by atoms with Crippen LogP contribution in [-0.2, 0) is 6.18 Å². The maximum Gasteiger partial charge on any atom is 0.416 e. The van der Waals surface area contributed by atoms with E-state index in [1.54, 1.807) is 0 Å². The summed E-state index contributed by atoms with van der Waals surface area (Å²) in [5.74, 6) is -0.983. The van der Waals surface area contributed by atoms with Gasteiger partial charge in [-0.2, -0.15) is 13.2 Å². The normalized spacial score (nSPS) is 11.5. The molecule has 2 rings (SSSR count). The zero-order valence-corrected chi connectivity index (χ0v) is 11.4. The van der Waals surface area contributed by atoms with Gasteiger partial charge in [0.05, 0.1) is 5.56 Å². The Kier molecular flexibility index (Phi) is 3.85. The highest BCUT2D eigenvalue weighted by Crippen LogP contribution is 2.30. The highest BCUT2D eigenvalue weighted by molar-refractivity contribution is 6.09. The van der Waals surface area contributed by atoms with Crippen LogP contribution in [0.5, 0.6) is 0 Å². The first-order valence-corrected chi connectivity index (χ1v) is 6.19. The van der Waals surface area contributed by atoms with E-state index in [0.717, 1.165) is 12.1 Å². The molecule has 0 atom stereocenters. The van der Waals surface area contributed by atoms with Gasteiger partial charge in [-0.25, -0.2) is 4.39 Å². The fraction of sp³-hybridized carbons (Fsp3) is 0.188. The third-order valence-corrected chi connectivity index (χ3v) is 3.15. The van der Waals surface area contributed by atoms with Crippen LogP contribution in [0.4, 0.5) is 17.6 Å². The Bertz CT molecular complexity index is 679. The summed E-state index contributed by atoms with van der Waals surface area (Å²) in [6.07, 6.45) is -4.51. The van der Waals surface area contributed by atoms with Crippen LogP contribution in [0, 0.1) is 19.7 Å². The summed E-state index contributed by atoms with van der Waals surface area (Å²) in [5, 5.41) is 0. The molecule has 1 nitrogen and oxygen atoms in total. The topological polar surface area (TPSA) is 17.1 Å². The Labute approximate surface area is 119 Å². The molecule has 0 radical (unpaired) electrons. The zero-order chi connectivity index (χ0) is 15.8. The van der Waals surface area contributed by atoms with Gasteiger partial charge in [0, 0.05) is 11.1 Å². The molecule has 0 aromatic heterocycles. The number of halogens is 4. The van der Waals surface area contributed by atoms with Crippen molar-refractivity contribution in [1.82, 2.24) is 0 Å². The van der Waals surface area contributed by atoms with Crippen LogP contribution < -0.4 is 0 Å². The second-order valence-electron chi connectivity index (χ2n) is 4.83. The quantitative estimate of drug-likeness (QED) is 0.580. The van der Waals surface area contributed by atoms with Crippen molar-refractivity contribution in [3.05, 3.63) is 70.0 Å². The average Bonchev–Trinajstić information content (AvgIpc) is 2.42. The number of rotatable bonds is 2. The molecule has 0 fully saturated rings. The summed E-state index contributed by atoms with van der Waals surface area (Å²) < 4.78 is 51.5. The zero-order valence-electron chi connectivity index (χ0n) is 11.4. The van der Waals surface area contributed by atoms with Crippen molar-refractivity contribution in [2.45, 2.75) is 20.0 Å². The van der Waals surface area contributed by atoms with Crippen LogP contribution in [0.3, 0.4) is 0 Å². The summed E-state index contributed by atoms with van der Waals surface area (Å²) in [4.78, 5) is 12.3. The Hall–Kier alpha value is -2.17. The summed E-state index contributed by atoms with van der Waals surface area (Å²) in [6, 6.07) is 6.87. The molecule has 2 aromatic rings. The first-order chi connectivity index (χ1) is 9.70. The van der Waals surface area contributed by atoms with Crippen molar-refractivity contribution in [3.63, 3.8) is 0 Å². The SMILES string of the molecule is Cc1cc(C(=O)c2cccc(C(F)(F)F)c2)cc(C)c1F. The molecule has 0 saturated carbocycles. The summed E-state index contributed by atoms with van der Waals surface area (Å²) in [5.41, 5.74) is -0.222. The minimum atomic E-state index is -4.51. The second kappa shape index (κ2) is 5.31. The van der Waals surface area contributed by atoms with Gasteiger partial charge in [0.1, 0.15) is 5.82 Å². The molecule has 0 unspecified atom stereocenters. The smallest absolute Gasteiger partial charge is 0.289 e. The Morgan fingerprint density at radius 2 is 1.52 bits per heavy atom. The maximum absolute atomic E-state index is 13.5. The predicted octanol–water partition coefficient (Wildman–Crippen LogP) is 4.69. The standard InChI is InChI=1S/C16H12F4O/c1-9-6-12(7-10(2)14(9)17)15(21)11-4-3-5-13(8-11)16(18,19)20/h3-8H,1-2H3. The lowest BCUT2D eigenvalue weighted by molar-refractivity contribution is -0.137. The molecule has 0 saturated heterocycles. The highest BCUT2D eigenvalue weighted by Gasteiger charge is 2.31. The molecule has 0 aliphatic carbocycles. The molecule has 0 N–H and O–H groups in total. The monoisotopic (exact) mass is 296 g/mol. The lowest BCUT2D eigenvalue weighted by Gasteiger charge is -2.09. The number of aryl methyl sites for hydroxylation is 2. The van der Waals surface area contributed by atoms with Crippen molar-refractivity contribution in [2.75, 3.05) is 0 Å². The molecule has 0 amide bonds. The fourth-order valence-corrected chi connectivity index (χ4v) is 2.08. The first kappa shape index (κ1) is 15.2. The van der Waals surface area contributed by atoms with E-state index in [1.165, 1.54) is 38.1 Å². The van der Waals surface area contributed by atoms with Crippen LogP contribution in [0.25, 0.3) is 0 Å². The van der Waals surface area contributed by atoms with E-state index in [1.807, 2.05) is 0 Å². The molecule has 0 aliphatic rings. The molecule has 110 valence electrons. The Morgan fingerprint density at radius 3 is 2.05 bits per heavy atom. The van der Waals surface area contributed by atoms with Crippen LogP contribution in [0.2, 0.25) is 0 Å². The highest BCUT2D eigenvalue weighted by atomic mass is 19.4. The van der Waals surface area contributed by atoms with E-state index >= 15 is 0 Å². The van der Waals surface area contributed by atoms with E-state index in [-0.39, 0.29) is 22.3 Å². The third kappa shape index (κ3) is 3.12. The molecule has 5 heteroatoms. The Morgan fingerprint density at radius 1 is 0.952 bits per heavy atom. The maximum atomic E-state index is 13.5. The van der Waals surface area contributed by atoms with Gasteiger partial charge in [0.25, 0.3) is 0 Å². The van der Waals surface area contributed by atoms with Gasteiger partial charge in [0.2, 0.25) is 0 Å². The van der Waals surface area contributed by atoms with Gasteiger partial charge < -0.3 is 0 Å². The van der Waals surface area contributed by atoms with E-state index in [4.69, 9.17) is 0 Å². The molecular weight excluding hydrogens is 284 g/mol. The number of benzene rings is 2. The van der Waals surface area contributed by atoms with E-state index in [0.29, 0.717) is 0 Å². The molecule has 0 aliphatic heterocycles. The fourth-order valence-electron chi connectivity index (χ4n) is 2.08. The first-order valence-electron chi connectivity index (χ1n) is 6.19. The van der Waals surface area contributed by atoms with Crippen molar-refractivity contribution in [1.29, 1.82) is 0 Å². The van der Waals surface area contributed by atoms with Crippen molar-refractivity contribution in [2.24, 2.45) is 0 Å². The second-order valence-corrected chi connectivity index (χ2v) is 4.83. The van der Waals surface area contributed by atoms with E-state index in [2.05, 4.69) is 0 Å². The van der Waals surface area contributed by atoms with Gasteiger partial charge in [-0.1, -0.05) is 12.1 Å². The van der Waals surface area contributed by atoms with E-state index < -0.39 is 23.3 Å².